The van der Waals surface area contributed by atoms with Crippen molar-refractivity contribution in [2.75, 3.05) is 40.4 Å². The summed E-state index contributed by atoms with van der Waals surface area (Å²) in [6.45, 7) is 7.98. The number of benzene rings is 2. The first-order valence-corrected chi connectivity index (χ1v) is 13.6. The summed E-state index contributed by atoms with van der Waals surface area (Å²) in [6, 6.07) is 8.98. The molecule has 2 aliphatic rings. The molecule has 1 unspecified atom stereocenters. The van der Waals surface area contributed by atoms with Crippen molar-refractivity contribution in [2.45, 2.75) is 58.4 Å². The Hall–Kier alpha value is -3.12. The zero-order valence-electron chi connectivity index (χ0n) is 22.7. The third-order valence-corrected chi connectivity index (χ3v) is 8.36. The number of rotatable bonds is 7. The van der Waals surface area contributed by atoms with Crippen LogP contribution in [0.3, 0.4) is 0 Å². The molecule has 196 valence electrons. The van der Waals surface area contributed by atoms with Gasteiger partial charge in [0.1, 0.15) is 0 Å². The minimum atomic E-state index is 0.270. The average Bonchev–Trinajstić information content (AvgIpc) is 3.05. The van der Waals surface area contributed by atoms with Gasteiger partial charge >= 0.3 is 0 Å². The van der Waals surface area contributed by atoms with Gasteiger partial charge in [0.25, 0.3) is 0 Å². The molecule has 3 heterocycles. The summed E-state index contributed by atoms with van der Waals surface area (Å²) in [5.41, 5.74) is 6.37. The van der Waals surface area contributed by atoms with Crippen LogP contribution < -0.4 is 9.47 Å². The predicted octanol–water partition coefficient (Wildman–Crippen LogP) is 4.89. The molecule has 0 N–H and O–H groups in total. The lowest BCUT2D eigenvalue weighted by atomic mass is 9.97. The van der Waals surface area contributed by atoms with Crippen LogP contribution in [-0.4, -0.2) is 67.1 Å². The molecule has 6 nitrogen and oxygen atoms in total. The summed E-state index contributed by atoms with van der Waals surface area (Å²) in [4.78, 5) is 22.5. The van der Waals surface area contributed by atoms with Gasteiger partial charge in [-0.3, -0.25) is 14.7 Å². The maximum absolute atomic E-state index is 13.3. The van der Waals surface area contributed by atoms with Crippen LogP contribution in [0.1, 0.15) is 47.1 Å². The molecule has 0 aliphatic carbocycles. The summed E-state index contributed by atoms with van der Waals surface area (Å²) >= 11 is 0. The van der Waals surface area contributed by atoms with Crippen molar-refractivity contribution < 1.29 is 14.3 Å². The van der Waals surface area contributed by atoms with Crippen LogP contribution in [-0.2, 0) is 24.1 Å². The molecule has 37 heavy (non-hydrogen) atoms. The Morgan fingerprint density at radius 2 is 1.70 bits per heavy atom. The zero-order chi connectivity index (χ0) is 25.9. The van der Waals surface area contributed by atoms with Crippen LogP contribution in [0, 0.1) is 13.8 Å². The van der Waals surface area contributed by atoms with E-state index in [1.54, 1.807) is 14.2 Å². The third kappa shape index (κ3) is 5.45. The molecule has 0 radical (unpaired) electrons. The topological polar surface area (TPSA) is 54.9 Å². The Bertz CT molecular complexity index is 1290. The van der Waals surface area contributed by atoms with E-state index >= 15 is 0 Å². The molecule has 1 aromatic heterocycles. The molecule has 0 bridgehead atoms. The van der Waals surface area contributed by atoms with E-state index in [2.05, 4.69) is 46.8 Å². The predicted molar refractivity (Wildman–Crippen MR) is 148 cm³/mol. The van der Waals surface area contributed by atoms with E-state index in [9.17, 15) is 4.79 Å². The number of carbonyl (C=O) groups is 1. The van der Waals surface area contributed by atoms with Crippen LogP contribution in [0.2, 0.25) is 0 Å². The minimum Gasteiger partial charge on any atom is -0.493 e. The van der Waals surface area contributed by atoms with E-state index in [0.717, 1.165) is 67.7 Å². The van der Waals surface area contributed by atoms with E-state index < -0.39 is 0 Å². The van der Waals surface area contributed by atoms with Gasteiger partial charge in [0.15, 0.2) is 11.5 Å². The van der Waals surface area contributed by atoms with Gasteiger partial charge in [-0.1, -0.05) is 18.6 Å². The molecule has 6 heteroatoms. The second-order valence-corrected chi connectivity index (χ2v) is 10.6. The number of fused-ring (bicyclic) bond motifs is 2. The Morgan fingerprint density at radius 1 is 0.946 bits per heavy atom. The van der Waals surface area contributed by atoms with Crippen LogP contribution >= 0.6 is 0 Å². The summed E-state index contributed by atoms with van der Waals surface area (Å²) in [5, 5.41) is 2.22. The van der Waals surface area contributed by atoms with Gasteiger partial charge in [-0.15, -0.1) is 0 Å². The summed E-state index contributed by atoms with van der Waals surface area (Å²) in [7, 11) is 3.33. The molecule has 1 atom stereocenters. The number of carbonyl (C=O) groups excluding carboxylic acids is 1. The van der Waals surface area contributed by atoms with Crippen LogP contribution in [0.4, 0.5) is 0 Å². The number of likely N-dealkylation sites (tertiary alicyclic amines) is 1. The molecule has 1 fully saturated rings. The van der Waals surface area contributed by atoms with Gasteiger partial charge < -0.3 is 14.4 Å². The van der Waals surface area contributed by atoms with Crippen LogP contribution in [0.25, 0.3) is 10.8 Å². The monoisotopic (exact) mass is 501 g/mol. The van der Waals surface area contributed by atoms with Gasteiger partial charge in [0.05, 0.1) is 20.6 Å². The first-order valence-electron chi connectivity index (χ1n) is 13.6. The van der Waals surface area contributed by atoms with Crippen molar-refractivity contribution >= 4 is 16.7 Å². The highest BCUT2D eigenvalue weighted by Crippen LogP contribution is 2.33. The first kappa shape index (κ1) is 25.5. The van der Waals surface area contributed by atoms with E-state index in [1.807, 2.05) is 18.5 Å². The quantitative estimate of drug-likeness (QED) is 0.461. The Balaban J connectivity index is 1.29. The Labute approximate surface area is 220 Å². The van der Waals surface area contributed by atoms with E-state index in [1.165, 1.54) is 40.7 Å². The van der Waals surface area contributed by atoms with Crippen molar-refractivity contribution in [3.63, 3.8) is 0 Å². The second-order valence-electron chi connectivity index (χ2n) is 10.6. The molecule has 3 aromatic rings. The smallest absolute Gasteiger partial charge is 0.227 e. The molecule has 5 rings (SSSR count). The van der Waals surface area contributed by atoms with Crippen molar-refractivity contribution in [1.29, 1.82) is 0 Å². The van der Waals surface area contributed by atoms with Crippen molar-refractivity contribution in [3.8, 4) is 11.5 Å². The highest BCUT2D eigenvalue weighted by atomic mass is 16.5. The molecule has 1 saturated heterocycles. The highest BCUT2D eigenvalue weighted by Gasteiger charge is 2.28. The second kappa shape index (κ2) is 11.1. The zero-order valence-corrected chi connectivity index (χ0v) is 22.7. The number of pyridine rings is 1. The minimum absolute atomic E-state index is 0.270. The number of methoxy groups -OCH3 is 2. The number of hydrogen-bond acceptors (Lipinski definition) is 5. The number of amides is 1. The van der Waals surface area contributed by atoms with E-state index in [0.29, 0.717) is 12.5 Å². The average molecular weight is 502 g/mol. The third-order valence-electron chi connectivity index (χ3n) is 8.36. The Kier molecular flexibility index (Phi) is 7.65. The van der Waals surface area contributed by atoms with Gasteiger partial charge in [-0.2, -0.15) is 0 Å². The normalized spacial score (nSPS) is 18.5. The number of piperidine rings is 1. The molecular weight excluding hydrogens is 462 g/mol. The van der Waals surface area contributed by atoms with E-state index in [-0.39, 0.29) is 5.91 Å². The number of ether oxygens (including phenoxy) is 2. The van der Waals surface area contributed by atoms with Crippen LogP contribution in [0.15, 0.2) is 36.7 Å². The first-order chi connectivity index (χ1) is 18.0. The fourth-order valence-corrected chi connectivity index (χ4v) is 6.02. The lowest BCUT2D eigenvalue weighted by Crippen LogP contribution is -2.49. The number of hydrogen-bond donors (Lipinski definition) is 0. The standard InChI is InChI=1S/C31H39N3O3/c1-21-13-23-8-12-34(31(35)16-25(23)14-22(21)2)20-27-7-5-6-10-33(27)11-9-24-18-32-19-26-15-29(36-3)30(37-4)17-28(24)26/h13-15,17-19,27H,5-12,16,20H2,1-4H3. The van der Waals surface area contributed by atoms with Crippen molar-refractivity contribution in [2.24, 2.45) is 0 Å². The Morgan fingerprint density at radius 3 is 2.49 bits per heavy atom. The lowest BCUT2D eigenvalue weighted by Gasteiger charge is -2.38. The lowest BCUT2D eigenvalue weighted by molar-refractivity contribution is -0.131. The van der Waals surface area contributed by atoms with E-state index in [4.69, 9.17) is 9.47 Å². The molecule has 0 saturated carbocycles. The summed E-state index contributed by atoms with van der Waals surface area (Å²) in [6.07, 6.45) is 9.84. The number of nitrogens with zero attached hydrogens (tertiary/aromatic N) is 3. The molecule has 1 amide bonds. The molecular formula is C31H39N3O3. The molecule has 2 aromatic carbocycles. The fraction of sp³-hybridized carbons (Fsp3) is 0.484. The molecule has 2 aliphatic heterocycles. The maximum atomic E-state index is 13.3. The van der Waals surface area contributed by atoms with Gasteiger partial charge in [0.2, 0.25) is 5.91 Å². The summed E-state index contributed by atoms with van der Waals surface area (Å²) < 4.78 is 11.0. The van der Waals surface area contributed by atoms with Crippen LogP contribution in [0.5, 0.6) is 11.5 Å². The fourth-order valence-electron chi connectivity index (χ4n) is 6.02. The SMILES string of the molecule is COc1cc2cncc(CCN3CCCCC3CN3CCc4cc(C)c(C)cc4CC3=O)c2cc1OC. The highest BCUT2D eigenvalue weighted by molar-refractivity contribution is 5.88. The van der Waals surface area contributed by atoms with Crippen molar-refractivity contribution in [1.82, 2.24) is 14.8 Å². The maximum Gasteiger partial charge on any atom is 0.227 e. The number of aromatic nitrogens is 1. The van der Waals surface area contributed by atoms with Gasteiger partial charge in [-0.05, 0) is 91.4 Å². The van der Waals surface area contributed by atoms with Gasteiger partial charge in [-0.25, -0.2) is 0 Å². The van der Waals surface area contributed by atoms with Gasteiger partial charge in [0, 0.05) is 43.5 Å². The number of aryl methyl sites for hydroxylation is 2. The summed E-state index contributed by atoms with van der Waals surface area (Å²) in [5.74, 6) is 1.73. The largest absolute Gasteiger partial charge is 0.493 e. The van der Waals surface area contributed by atoms with Crippen molar-refractivity contribution in [3.05, 3.63) is 64.5 Å². The molecule has 0 spiro atoms.